The molecule has 0 aliphatic rings. The number of anilines is 2. The second-order valence-electron chi connectivity index (χ2n) is 9.64. The molecule has 174 valence electrons. The summed E-state index contributed by atoms with van der Waals surface area (Å²) in [6, 6.07) is 41.6. The van der Waals surface area contributed by atoms with Crippen LogP contribution in [0.1, 0.15) is 16.7 Å². The first-order valence-electron chi connectivity index (χ1n) is 12.5. The van der Waals surface area contributed by atoms with Gasteiger partial charge in [0, 0.05) is 16.8 Å². The molecule has 36 heavy (non-hydrogen) atoms. The van der Waals surface area contributed by atoms with E-state index in [0.717, 1.165) is 11.4 Å². The monoisotopic (exact) mass is 463 g/mol. The lowest BCUT2D eigenvalue weighted by atomic mass is 9.83. The summed E-state index contributed by atoms with van der Waals surface area (Å²) in [7, 11) is 0. The summed E-state index contributed by atoms with van der Waals surface area (Å²) in [5.74, 6) is 0. The van der Waals surface area contributed by atoms with Gasteiger partial charge in [0.2, 0.25) is 0 Å². The van der Waals surface area contributed by atoms with Gasteiger partial charge in [-0.3, -0.25) is 0 Å². The van der Waals surface area contributed by atoms with Gasteiger partial charge in [0.05, 0.1) is 0 Å². The first-order valence-corrected chi connectivity index (χ1v) is 12.5. The van der Waals surface area contributed by atoms with E-state index in [-0.39, 0.29) is 0 Å². The van der Waals surface area contributed by atoms with Crippen LogP contribution in [-0.2, 0) is 0 Å². The van der Waals surface area contributed by atoms with Gasteiger partial charge >= 0.3 is 0 Å². The zero-order valence-corrected chi connectivity index (χ0v) is 21.0. The maximum Gasteiger partial charge on any atom is 0.0470 e. The number of aryl methyl sites for hydroxylation is 3. The Morgan fingerprint density at radius 1 is 0.444 bits per heavy atom. The van der Waals surface area contributed by atoms with Gasteiger partial charge in [-0.05, 0) is 88.5 Å². The van der Waals surface area contributed by atoms with Gasteiger partial charge in [0.15, 0.2) is 0 Å². The summed E-state index contributed by atoms with van der Waals surface area (Å²) in [4.78, 5) is 0. The number of benzene rings is 6. The average Bonchev–Trinajstić information content (AvgIpc) is 2.90. The van der Waals surface area contributed by atoms with E-state index in [1.165, 1.54) is 60.5 Å². The van der Waals surface area contributed by atoms with E-state index in [0.29, 0.717) is 0 Å². The summed E-state index contributed by atoms with van der Waals surface area (Å²) in [5, 5.41) is 8.83. The minimum atomic E-state index is 1.09. The molecule has 0 amide bonds. The lowest BCUT2D eigenvalue weighted by molar-refractivity contribution is 1.45. The van der Waals surface area contributed by atoms with Gasteiger partial charge in [-0.1, -0.05) is 103 Å². The number of rotatable bonds is 4. The predicted molar refractivity (Wildman–Crippen MR) is 156 cm³/mol. The molecular weight excluding hydrogens is 434 g/mol. The summed E-state index contributed by atoms with van der Waals surface area (Å²) in [5.41, 5.74) is 11.2. The first kappa shape index (κ1) is 22.1. The van der Waals surface area contributed by atoms with Crippen LogP contribution in [0.15, 0.2) is 115 Å². The number of fused-ring (bicyclic) bond motifs is 2. The van der Waals surface area contributed by atoms with Gasteiger partial charge < -0.3 is 5.32 Å². The van der Waals surface area contributed by atoms with Crippen LogP contribution in [0.3, 0.4) is 0 Å². The molecule has 0 aliphatic carbocycles. The molecule has 0 aromatic heterocycles. The largest absolute Gasteiger partial charge is 0.355 e. The minimum absolute atomic E-state index is 1.09. The van der Waals surface area contributed by atoms with Crippen LogP contribution in [0.4, 0.5) is 11.4 Å². The van der Waals surface area contributed by atoms with Crippen LogP contribution in [0.25, 0.3) is 43.8 Å². The van der Waals surface area contributed by atoms with Crippen molar-refractivity contribution >= 4 is 32.9 Å². The van der Waals surface area contributed by atoms with E-state index >= 15 is 0 Å². The Morgan fingerprint density at radius 2 is 0.972 bits per heavy atom. The van der Waals surface area contributed by atoms with Gasteiger partial charge in [0.25, 0.3) is 0 Å². The molecule has 0 atom stereocenters. The average molecular weight is 464 g/mol. The summed E-state index contributed by atoms with van der Waals surface area (Å²) >= 11 is 0. The maximum absolute atomic E-state index is 3.76. The van der Waals surface area contributed by atoms with Crippen molar-refractivity contribution in [3.63, 3.8) is 0 Å². The first-order chi connectivity index (χ1) is 17.6. The molecule has 0 fully saturated rings. The quantitative estimate of drug-likeness (QED) is 0.256. The Labute approximate surface area is 213 Å². The number of hydrogen-bond acceptors (Lipinski definition) is 1. The van der Waals surface area contributed by atoms with Crippen LogP contribution in [0, 0.1) is 20.8 Å². The fourth-order valence-corrected chi connectivity index (χ4v) is 5.40. The Kier molecular flexibility index (Phi) is 5.54. The van der Waals surface area contributed by atoms with Gasteiger partial charge in [0.1, 0.15) is 0 Å². The van der Waals surface area contributed by atoms with Crippen molar-refractivity contribution in [3.05, 3.63) is 132 Å². The highest BCUT2D eigenvalue weighted by atomic mass is 14.9. The lowest BCUT2D eigenvalue weighted by Crippen LogP contribution is -1.97. The number of hydrogen-bond donors (Lipinski definition) is 1. The number of nitrogens with one attached hydrogen (secondary N) is 1. The van der Waals surface area contributed by atoms with Gasteiger partial charge in [-0.2, -0.15) is 0 Å². The fraction of sp³-hybridized carbons (Fsp3) is 0.0857. The highest BCUT2D eigenvalue weighted by molar-refractivity contribution is 6.25. The Balaban J connectivity index is 1.79. The molecule has 0 heterocycles. The van der Waals surface area contributed by atoms with Crippen molar-refractivity contribution in [1.29, 1.82) is 0 Å². The third-order valence-electron chi connectivity index (χ3n) is 7.21. The SMILES string of the molecule is Cc1ccc(Nc2cccc3c(-c4ccccc4C)c4ccccc4c(-c4ccccc4C)c23)cc1. The standard InChI is InChI=1S/C35H29N/c1-23-19-21-26(22-20-23)36-32-18-10-17-31-33(27-13-6-4-11-24(27)2)29-15-8-9-16-30(29)34(35(31)32)28-14-7-5-12-25(28)3/h4-22,36H,1-3H3. The van der Waals surface area contributed by atoms with Crippen LogP contribution in [-0.4, -0.2) is 0 Å². The van der Waals surface area contributed by atoms with E-state index in [9.17, 15) is 0 Å². The minimum Gasteiger partial charge on any atom is -0.355 e. The van der Waals surface area contributed by atoms with Gasteiger partial charge in [-0.25, -0.2) is 0 Å². The molecule has 0 unspecified atom stereocenters. The van der Waals surface area contributed by atoms with Crippen LogP contribution >= 0.6 is 0 Å². The Hall–Kier alpha value is -4.36. The van der Waals surface area contributed by atoms with Crippen molar-refractivity contribution in [2.45, 2.75) is 20.8 Å². The van der Waals surface area contributed by atoms with Crippen LogP contribution in [0.5, 0.6) is 0 Å². The molecule has 6 aromatic rings. The fourth-order valence-electron chi connectivity index (χ4n) is 5.40. The molecule has 0 bridgehead atoms. The highest BCUT2D eigenvalue weighted by Gasteiger charge is 2.20. The topological polar surface area (TPSA) is 12.0 Å². The van der Waals surface area contributed by atoms with E-state index in [4.69, 9.17) is 0 Å². The lowest BCUT2D eigenvalue weighted by Gasteiger charge is -2.22. The molecular formula is C35H29N. The molecule has 0 radical (unpaired) electrons. The third-order valence-corrected chi connectivity index (χ3v) is 7.21. The summed E-state index contributed by atoms with van der Waals surface area (Å²) in [6.07, 6.45) is 0. The van der Waals surface area contributed by atoms with E-state index in [1.54, 1.807) is 0 Å². The normalized spacial score (nSPS) is 11.2. The predicted octanol–water partition coefficient (Wildman–Crippen LogP) is 10.00. The molecule has 0 saturated heterocycles. The highest BCUT2D eigenvalue weighted by Crippen LogP contribution is 2.47. The molecule has 6 rings (SSSR count). The van der Waals surface area contributed by atoms with Crippen molar-refractivity contribution in [3.8, 4) is 22.3 Å². The second-order valence-corrected chi connectivity index (χ2v) is 9.64. The third kappa shape index (κ3) is 3.74. The molecule has 1 N–H and O–H groups in total. The Bertz CT molecular complexity index is 1720. The van der Waals surface area contributed by atoms with E-state index < -0.39 is 0 Å². The Morgan fingerprint density at radius 3 is 1.61 bits per heavy atom. The summed E-state index contributed by atoms with van der Waals surface area (Å²) in [6.45, 7) is 6.54. The molecule has 0 saturated carbocycles. The molecule has 6 aromatic carbocycles. The van der Waals surface area contributed by atoms with E-state index in [2.05, 4.69) is 141 Å². The molecule has 1 nitrogen and oxygen atoms in total. The van der Waals surface area contributed by atoms with Crippen LogP contribution in [0.2, 0.25) is 0 Å². The van der Waals surface area contributed by atoms with Gasteiger partial charge in [-0.15, -0.1) is 0 Å². The molecule has 0 aliphatic heterocycles. The maximum atomic E-state index is 3.76. The van der Waals surface area contributed by atoms with Crippen molar-refractivity contribution in [2.24, 2.45) is 0 Å². The second kappa shape index (κ2) is 9.02. The molecule has 0 spiro atoms. The zero-order chi connectivity index (χ0) is 24.6. The smallest absolute Gasteiger partial charge is 0.0470 e. The summed E-state index contributed by atoms with van der Waals surface area (Å²) < 4.78 is 0. The zero-order valence-electron chi connectivity index (χ0n) is 21.0. The van der Waals surface area contributed by atoms with Crippen molar-refractivity contribution in [2.75, 3.05) is 5.32 Å². The van der Waals surface area contributed by atoms with Crippen molar-refractivity contribution in [1.82, 2.24) is 0 Å². The molecule has 1 heteroatoms. The van der Waals surface area contributed by atoms with Crippen LogP contribution < -0.4 is 5.32 Å². The van der Waals surface area contributed by atoms with E-state index in [1.807, 2.05) is 0 Å². The van der Waals surface area contributed by atoms with Crippen molar-refractivity contribution < 1.29 is 0 Å².